The fraction of sp³-hybridized carbons (Fsp3) is 1.00. The maximum absolute atomic E-state index is 2.39. The first-order chi connectivity index (χ1) is 5.91. The van der Waals surface area contributed by atoms with Crippen LogP contribution in [-0.2, 0) is 0 Å². The first-order valence-electron chi connectivity index (χ1n) is 5.64. The fourth-order valence-corrected chi connectivity index (χ4v) is 15.6. The Morgan fingerprint density at radius 3 is 1.00 bits per heavy atom. The number of hydrogen-bond donors (Lipinski definition) is 0. The maximum atomic E-state index is 2.39. The average molecular weight is 380 g/mol. The monoisotopic (exact) mass is 380 g/mol. The van der Waals surface area contributed by atoms with Crippen molar-refractivity contribution in [1.29, 1.82) is 0 Å². The molecule has 0 spiro atoms. The minimum absolute atomic E-state index is 0.954. The van der Waals surface area contributed by atoms with Gasteiger partial charge in [0.2, 0.25) is 0 Å². The molecule has 0 aliphatic heterocycles. The Kier molecular flexibility index (Phi) is 7.70. The minimum atomic E-state index is -1.04. The molecule has 0 bridgehead atoms. The van der Waals surface area contributed by atoms with Crippen molar-refractivity contribution in [3.8, 4) is 0 Å². The quantitative estimate of drug-likeness (QED) is 0.598. The van der Waals surface area contributed by atoms with E-state index in [1.807, 2.05) is 0 Å². The molecule has 0 saturated carbocycles. The van der Waals surface area contributed by atoms with Gasteiger partial charge in [-0.3, -0.25) is 0 Å². The van der Waals surface area contributed by atoms with Gasteiger partial charge in [-0.25, -0.2) is 0 Å². The summed E-state index contributed by atoms with van der Waals surface area (Å²) in [6.07, 6.45) is 0. The van der Waals surface area contributed by atoms with Gasteiger partial charge < -0.3 is 0 Å². The second kappa shape index (κ2) is 7.21. The van der Waals surface area contributed by atoms with Crippen LogP contribution < -0.4 is 0 Å². The Morgan fingerprint density at radius 1 is 0.615 bits per heavy atom. The molecule has 0 atom stereocenters. The van der Waals surface area contributed by atoms with E-state index in [4.69, 9.17) is 0 Å². The van der Waals surface area contributed by atoms with Gasteiger partial charge in [-0.1, -0.05) is 0 Å². The predicted molar refractivity (Wildman–Crippen MR) is 64.7 cm³/mol. The molecule has 0 aliphatic rings. The summed E-state index contributed by atoms with van der Waals surface area (Å²) >= 11 is -1.04. The molecule has 0 aromatic carbocycles. The Labute approximate surface area is 93.2 Å². The molecule has 0 saturated heterocycles. The normalized spacial score (nSPS) is 12.5. The second-order valence-electron chi connectivity index (χ2n) is 5.40. The molecule has 80 valence electrons. The van der Waals surface area contributed by atoms with E-state index in [1.165, 1.54) is 0 Å². The summed E-state index contributed by atoms with van der Waals surface area (Å²) in [7, 11) is 0. The van der Waals surface area contributed by atoms with Gasteiger partial charge in [-0.05, 0) is 0 Å². The van der Waals surface area contributed by atoms with E-state index in [0.29, 0.717) is 0 Å². The van der Waals surface area contributed by atoms with Crippen LogP contribution in [0.4, 0.5) is 0 Å². The Balaban J connectivity index is 3.87. The van der Waals surface area contributed by atoms with Gasteiger partial charge in [0.05, 0.1) is 0 Å². The molecule has 0 aromatic heterocycles. The molecular formula is C12H27Bi. The molecule has 0 rings (SSSR count). The van der Waals surface area contributed by atoms with Gasteiger partial charge >= 0.3 is 93.4 Å². The molecule has 0 N–H and O–H groups in total. The summed E-state index contributed by atoms with van der Waals surface area (Å²) in [5.74, 6) is 2.86. The van der Waals surface area contributed by atoms with Crippen LogP contribution >= 0.6 is 0 Å². The SMILES string of the molecule is CC(C)[CH2][Bi]([CH2]C(C)C)[CH2]C(C)C. The van der Waals surface area contributed by atoms with Crippen molar-refractivity contribution < 1.29 is 0 Å². The summed E-state index contributed by atoms with van der Waals surface area (Å²) in [5.41, 5.74) is 0. The fourth-order valence-electron chi connectivity index (χ4n) is 1.77. The topological polar surface area (TPSA) is 0 Å². The summed E-state index contributed by atoms with van der Waals surface area (Å²) in [6.45, 7) is 14.4. The van der Waals surface area contributed by atoms with Crippen LogP contribution in [0.5, 0.6) is 0 Å². The predicted octanol–water partition coefficient (Wildman–Crippen LogP) is 4.45. The van der Waals surface area contributed by atoms with Gasteiger partial charge in [0.1, 0.15) is 0 Å². The van der Waals surface area contributed by atoms with Crippen molar-refractivity contribution in [2.24, 2.45) is 17.8 Å². The third kappa shape index (κ3) is 9.19. The summed E-state index contributed by atoms with van der Waals surface area (Å²) < 4.78 is 4.85. The molecule has 1 heteroatoms. The second-order valence-corrected chi connectivity index (χ2v) is 14.9. The van der Waals surface area contributed by atoms with E-state index in [0.717, 1.165) is 17.8 Å². The van der Waals surface area contributed by atoms with E-state index in [1.54, 1.807) is 12.4 Å². The van der Waals surface area contributed by atoms with Crippen molar-refractivity contribution in [2.45, 2.75) is 53.9 Å². The number of rotatable bonds is 6. The van der Waals surface area contributed by atoms with Crippen molar-refractivity contribution in [3.63, 3.8) is 0 Å². The molecule has 0 amide bonds. The molecule has 13 heavy (non-hydrogen) atoms. The molecule has 0 nitrogen and oxygen atoms in total. The Morgan fingerprint density at radius 2 is 0.846 bits per heavy atom. The van der Waals surface area contributed by atoms with Crippen LogP contribution in [0.3, 0.4) is 0 Å². The molecule has 0 unspecified atom stereocenters. The van der Waals surface area contributed by atoms with Crippen LogP contribution in [0, 0.1) is 17.8 Å². The zero-order chi connectivity index (χ0) is 10.4. The van der Waals surface area contributed by atoms with Crippen LogP contribution in [0.2, 0.25) is 12.4 Å². The van der Waals surface area contributed by atoms with E-state index in [2.05, 4.69) is 41.5 Å². The third-order valence-corrected chi connectivity index (χ3v) is 16.4. The molecule has 0 fully saturated rings. The van der Waals surface area contributed by atoms with Crippen molar-refractivity contribution in [1.82, 2.24) is 0 Å². The van der Waals surface area contributed by atoms with E-state index >= 15 is 0 Å². The van der Waals surface area contributed by atoms with Crippen molar-refractivity contribution in [2.75, 3.05) is 0 Å². The van der Waals surface area contributed by atoms with Crippen LogP contribution in [0.25, 0.3) is 0 Å². The van der Waals surface area contributed by atoms with E-state index in [-0.39, 0.29) is 0 Å². The molecule has 0 aromatic rings. The van der Waals surface area contributed by atoms with E-state index < -0.39 is 21.8 Å². The molecule has 0 heterocycles. The van der Waals surface area contributed by atoms with Crippen LogP contribution in [0.15, 0.2) is 0 Å². The molecule has 0 aliphatic carbocycles. The molecular weight excluding hydrogens is 353 g/mol. The average Bonchev–Trinajstić information content (AvgIpc) is 1.80. The molecule has 0 radical (unpaired) electrons. The number of hydrogen-bond acceptors (Lipinski definition) is 0. The standard InChI is InChI=1S/3C4H9.Bi/c3*1-4(2)3;/h3*4H,1H2,2-3H3;. The Hall–Kier alpha value is 0.883. The zero-order valence-corrected chi connectivity index (χ0v) is 13.8. The summed E-state index contributed by atoms with van der Waals surface area (Å²) in [6, 6.07) is 0. The van der Waals surface area contributed by atoms with Gasteiger partial charge in [-0.2, -0.15) is 0 Å². The van der Waals surface area contributed by atoms with Gasteiger partial charge in [-0.15, -0.1) is 0 Å². The zero-order valence-electron chi connectivity index (χ0n) is 10.3. The summed E-state index contributed by atoms with van der Waals surface area (Å²) in [4.78, 5) is 0. The van der Waals surface area contributed by atoms with Crippen LogP contribution in [0.1, 0.15) is 41.5 Å². The van der Waals surface area contributed by atoms with Gasteiger partial charge in [0.15, 0.2) is 0 Å². The van der Waals surface area contributed by atoms with Crippen molar-refractivity contribution >= 4 is 21.8 Å². The van der Waals surface area contributed by atoms with Crippen LogP contribution in [-0.4, -0.2) is 21.8 Å². The van der Waals surface area contributed by atoms with Crippen molar-refractivity contribution in [3.05, 3.63) is 0 Å². The first kappa shape index (κ1) is 13.9. The Bertz CT molecular complexity index is 92.5. The van der Waals surface area contributed by atoms with Gasteiger partial charge in [0, 0.05) is 0 Å². The van der Waals surface area contributed by atoms with E-state index in [9.17, 15) is 0 Å². The third-order valence-electron chi connectivity index (χ3n) is 1.87. The summed E-state index contributed by atoms with van der Waals surface area (Å²) in [5, 5.41) is 0. The van der Waals surface area contributed by atoms with Gasteiger partial charge in [0.25, 0.3) is 0 Å². The first-order valence-corrected chi connectivity index (χ1v) is 13.0.